The van der Waals surface area contributed by atoms with Gasteiger partial charge in [0.05, 0.1) is 12.1 Å². The van der Waals surface area contributed by atoms with Gasteiger partial charge in [0, 0.05) is 11.9 Å². The van der Waals surface area contributed by atoms with Crippen LogP contribution in [-0.2, 0) is 11.3 Å². The molecule has 0 aliphatic carbocycles. The molecule has 2 aromatic rings. The van der Waals surface area contributed by atoms with Gasteiger partial charge in [-0.25, -0.2) is 5.43 Å². The maximum absolute atomic E-state index is 12.6. The van der Waals surface area contributed by atoms with Crippen LogP contribution in [0.1, 0.15) is 30.6 Å². The summed E-state index contributed by atoms with van der Waals surface area (Å²) < 4.78 is 6.34. The molecule has 0 saturated heterocycles. The van der Waals surface area contributed by atoms with Crippen molar-refractivity contribution in [3.05, 3.63) is 40.2 Å². The number of hydrogen-bond acceptors (Lipinski definition) is 5. The van der Waals surface area contributed by atoms with Gasteiger partial charge in [0.25, 0.3) is 11.5 Å². The molecule has 7 heteroatoms. The summed E-state index contributed by atoms with van der Waals surface area (Å²) in [4.78, 5) is 24.8. The van der Waals surface area contributed by atoms with Crippen LogP contribution in [0.4, 0.5) is 0 Å². The molecule has 0 bridgehead atoms. The van der Waals surface area contributed by atoms with Gasteiger partial charge in [0.1, 0.15) is 11.3 Å². The highest BCUT2D eigenvalue weighted by molar-refractivity contribution is 6.02. The van der Waals surface area contributed by atoms with Crippen molar-refractivity contribution in [3.8, 4) is 5.75 Å². The maximum atomic E-state index is 12.6. The summed E-state index contributed by atoms with van der Waals surface area (Å²) in [6.07, 6.45) is 1.79. The number of amides is 1. The number of nitrogens with zero attached hydrogens (tertiary/aromatic N) is 2. The smallest absolute Gasteiger partial charge is 0.280 e. The number of hydrogen-bond donors (Lipinski definition) is 2. The number of aryl methyl sites for hydroxylation is 1. The number of nitrogens with one attached hydrogen (secondary N) is 1. The third-order valence-corrected chi connectivity index (χ3v) is 3.28. The number of carbonyl (C=O) groups excluding carboxylic acids is 1. The first-order valence-corrected chi connectivity index (χ1v) is 7.39. The standard InChI is InChI=1S/C16H19N3O4/c1-3-9-19-12-8-6-5-7-11(12)14(20)13(16(19)22)15(21)18-17-10-23-4-2/h5-8,10,20H,3-4,9H2,1-2H3,(H,18,21)/b17-10+. The van der Waals surface area contributed by atoms with Gasteiger partial charge < -0.3 is 14.4 Å². The number of pyridine rings is 1. The molecule has 23 heavy (non-hydrogen) atoms. The number of ether oxygens (including phenoxy) is 1. The Labute approximate surface area is 133 Å². The van der Waals surface area contributed by atoms with Crippen LogP contribution in [0.15, 0.2) is 34.2 Å². The van der Waals surface area contributed by atoms with Crippen LogP contribution in [0.2, 0.25) is 0 Å². The number of rotatable bonds is 6. The molecule has 7 nitrogen and oxygen atoms in total. The topological polar surface area (TPSA) is 92.9 Å². The van der Waals surface area contributed by atoms with Crippen molar-refractivity contribution in [2.24, 2.45) is 5.10 Å². The fourth-order valence-corrected chi connectivity index (χ4v) is 2.29. The minimum absolute atomic E-state index is 0.328. The van der Waals surface area contributed by atoms with Gasteiger partial charge >= 0.3 is 0 Å². The third-order valence-electron chi connectivity index (χ3n) is 3.28. The second-order valence-corrected chi connectivity index (χ2v) is 4.83. The van der Waals surface area contributed by atoms with E-state index in [-0.39, 0.29) is 11.3 Å². The number of fused-ring (bicyclic) bond motifs is 1. The molecule has 0 saturated carbocycles. The Morgan fingerprint density at radius 2 is 2.13 bits per heavy atom. The third kappa shape index (κ3) is 3.33. The Bertz CT molecular complexity index is 796. The molecule has 0 aliphatic heterocycles. The Morgan fingerprint density at radius 3 is 2.83 bits per heavy atom. The number of para-hydroxylation sites is 1. The molecule has 0 unspecified atom stereocenters. The molecule has 1 heterocycles. The van der Waals surface area contributed by atoms with E-state index in [0.29, 0.717) is 24.1 Å². The summed E-state index contributed by atoms with van der Waals surface area (Å²) in [5.41, 5.74) is 1.89. The number of hydrazone groups is 1. The van der Waals surface area contributed by atoms with E-state index in [2.05, 4.69) is 10.5 Å². The molecular formula is C16H19N3O4. The minimum Gasteiger partial charge on any atom is -0.506 e. The van der Waals surface area contributed by atoms with Crippen LogP contribution in [0.5, 0.6) is 5.75 Å². The molecule has 1 aromatic heterocycles. The second-order valence-electron chi connectivity index (χ2n) is 4.83. The van der Waals surface area contributed by atoms with E-state index in [4.69, 9.17) is 4.74 Å². The molecular weight excluding hydrogens is 298 g/mol. The Kier molecular flexibility index (Phi) is 5.35. The molecule has 0 aliphatic rings. The van der Waals surface area contributed by atoms with Crippen LogP contribution >= 0.6 is 0 Å². The summed E-state index contributed by atoms with van der Waals surface area (Å²) in [7, 11) is 0. The van der Waals surface area contributed by atoms with Crippen molar-refractivity contribution in [3.63, 3.8) is 0 Å². The average Bonchev–Trinajstić information content (AvgIpc) is 2.55. The summed E-state index contributed by atoms with van der Waals surface area (Å²) in [5.74, 6) is -1.12. The highest BCUT2D eigenvalue weighted by Gasteiger charge is 2.21. The van der Waals surface area contributed by atoms with Gasteiger partial charge in [-0.05, 0) is 25.5 Å². The summed E-state index contributed by atoms with van der Waals surface area (Å²) in [6.45, 7) is 4.55. The van der Waals surface area contributed by atoms with Crippen molar-refractivity contribution in [2.75, 3.05) is 6.61 Å². The second kappa shape index (κ2) is 7.44. The monoisotopic (exact) mass is 317 g/mol. The summed E-state index contributed by atoms with van der Waals surface area (Å²) >= 11 is 0. The largest absolute Gasteiger partial charge is 0.506 e. The van der Waals surface area contributed by atoms with E-state index in [9.17, 15) is 14.7 Å². The molecule has 0 atom stereocenters. The predicted octanol–water partition coefficient (Wildman–Crippen LogP) is 1.83. The molecule has 2 N–H and O–H groups in total. The molecule has 0 spiro atoms. The van der Waals surface area contributed by atoms with Crippen molar-refractivity contribution >= 4 is 23.2 Å². The van der Waals surface area contributed by atoms with Gasteiger partial charge in [-0.3, -0.25) is 9.59 Å². The summed E-state index contributed by atoms with van der Waals surface area (Å²) in [5, 5.41) is 14.4. The lowest BCUT2D eigenvalue weighted by atomic mass is 10.1. The van der Waals surface area contributed by atoms with E-state index in [0.717, 1.165) is 12.8 Å². The minimum atomic E-state index is -0.779. The normalized spacial score (nSPS) is 11.0. The quantitative estimate of drug-likeness (QED) is 0.483. The molecule has 0 fully saturated rings. The first-order valence-electron chi connectivity index (χ1n) is 7.39. The van der Waals surface area contributed by atoms with Gasteiger partial charge in [0.2, 0.25) is 0 Å². The highest BCUT2D eigenvalue weighted by atomic mass is 16.5. The average molecular weight is 317 g/mol. The Balaban J connectivity index is 2.55. The van der Waals surface area contributed by atoms with Gasteiger partial charge in [-0.1, -0.05) is 19.1 Å². The molecule has 0 radical (unpaired) electrons. The highest BCUT2D eigenvalue weighted by Crippen LogP contribution is 2.26. The van der Waals surface area contributed by atoms with E-state index in [1.807, 2.05) is 6.92 Å². The van der Waals surface area contributed by atoms with E-state index < -0.39 is 11.5 Å². The molecule has 1 aromatic carbocycles. The van der Waals surface area contributed by atoms with E-state index >= 15 is 0 Å². The fraction of sp³-hybridized carbons (Fsp3) is 0.312. The fourth-order valence-electron chi connectivity index (χ4n) is 2.29. The van der Waals surface area contributed by atoms with Crippen molar-refractivity contribution in [1.29, 1.82) is 0 Å². The van der Waals surface area contributed by atoms with E-state index in [1.54, 1.807) is 31.2 Å². The van der Waals surface area contributed by atoms with Gasteiger partial charge in [-0.15, -0.1) is 5.10 Å². The zero-order valence-electron chi connectivity index (χ0n) is 13.1. The van der Waals surface area contributed by atoms with E-state index in [1.165, 1.54) is 4.57 Å². The first kappa shape index (κ1) is 16.5. The SMILES string of the molecule is CCCn1c(=O)c(C(=O)N/N=C/OCC)c(O)c2ccccc21. The molecule has 2 rings (SSSR count). The van der Waals surface area contributed by atoms with Gasteiger partial charge in [-0.2, -0.15) is 0 Å². The van der Waals surface area contributed by atoms with Crippen LogP contribution in [-0.4, -0.2) is 28.6 Å². The lowest BCUT2D eigenvalue weighted by molar-refractivity contribution is 0.0949. The van der Waals surface area contributed by atoms with Crippen LogP contribution in [0.3, 0.4) is 0 Å². The number of aromatic nitrogens is 1. The van der Waals surface area contributed by atoms with Crippen molar-refractivity contribution < 1.29 is 14.6 Å². The number of benzene rings is 1. The van der Waals surface area contributed by atoms with Gasteiger partial charge in [0.15, 0.2) is 6.40 Å². The van der Waals surface area contributed by atoms with Crippen LogP contribution in [0.25, 0.3) is 10.9 Å². The lowest BCUT2D eigenvalue weighted by Crippen LogP contribution is -2.31. The Hall–Kier alpha value is -2.83. The summed E-state index contributed by atoms with van der Waals surface area (Å²) in [6, 6.07) is 6.91. The zero-order chi connectivity index (χ0) is 16.8. The molecule has 1 amide bonds. The molecule has 122 valence electrons. The van der Waals surface area contributed by atoms with Crippen LogP contribution < -0.4 is 11.0 Å². The first-order chi connectivity index (χ1) is 11.1. The Morgan fingerprint density at radius 1 is 1.39 bits per heavy atom. The predicted molar refractivity (Wildman–Crippen MR) is 87.7 cm³/mol. The maximum Gasteiger partial charge on any atom is 0.280 e. The number of aromatic hydroxyl groups is 1. The number of carbonyl (C=O) groups is 1. The zero-order valence-corrected chi connectivity index (χ0v) is 13.1. The lowest BCUT2D eigenvalue weighted by Gasteiger charge is -2.13. The van der Waals surface area contributed by atoms with Crippen molar-refractivity contribution in [2.45, 2.75) is 26.8 Å². The van der Waals surface area contributed by atoms with Crippen LogP contribution in [0, 0.1) is 0 Å². The van der Waals surface area contributed by atoms with Crippen molar-refractivity contribution in [1.82, 2.24) is 9.99 Å².